The zero-order valence-corrected chi connectivity index (χ0v) is 19.0. The molecule has 0 saturated carbocycles. The molecule has 0 aliphatic carbocycles. The number of thiazole rings is 1. The summed E-state index contributed by atoms with van der Waals surface area (Å²) in [6.45, 7) is 0.948. The number of carbonyl (C=O) groups excluding carboxylic acids is 3. The summed E-state index contributed by atoms with van der Waals surface area (Å²) in [4.78, 5) is 41.9. The molecule has 8 nitrogen and oxygen atoms in total. The van der Waals surface area contributed by atoms with Crippen molar-refractivity contribution in [3.8, 4) is 5.75 Å². The Labute approximate surface area is 201 Å². The fraction of sp³-hybridized carbons (Fsp3) is 0.217. The topological polar surface area (TPSA) is 97.8 Å². The Bertz CT molecular complexity index is 1280. The number of fused-ring (bicyclic) bond motifs is 1. The second kappa shape index (κ2) is 9.74. The van der Waals surface area contributed by atoms with Crippen LogP contribution in [0.25, 0.3) is 0 Å². The minimum Gasteiger partial charge on any atom is -0.478 e. The highest BCUT2D eigenvalue weighted by Crippen LogP contribution is 2.35. The van der Waals surface area contributed by atoms with E-state index in [4.69, 9.17) is 9.47 Å². The van der Waals surface area contributed by atoms with Crippen LogP contribution in [0, 0.1) is 0 Å². The third kappa shape index (κ3) is 5.60. The Morgan fingerprint density at radius 3 is 2.71 bits per heavy atom. The van der Waals surface area contributed by atoms with E-state index in [1.54, 1.807) is 24.3 Å². The molecule has 0 fully saturated rings. The van der Waals surface area contributed by atoms with E-state index in [0.717, 1.165) is 28.4 Å². The molecular formula is C23H18F3N3O5S. The predicted molar refractivity (Wildman–Crippen MR) is 120 cm³/mol. The van der Waals surface area contributed by atoms with Gasteiger partial charge in [0.1, 0.15) is 12.4 Å². The van der Waals surface area contributed by atoms with Gasteiger partial charge >= 0.3 is 12.1 Å². The van der Waals surface area contributed by atoms with Crippen molar-refractivity contribution in [2.45, 2.75) is 32.2 Å². The molecule has 182 valence electrons. The number of carbonyl (C=O) groups is 3. The smallest absolute Gasteiger partial charge is 0.416 e. The first-order valence-electron chi connectivity index (χ1n) is 10.3. The van der Waals surface area contributed by atoms with Gasteiger partial charge in [-0.05, 0) is 30.3 Å². The number of nitrogens with zero attached hydrogens (tertiary/aromatic N) is 2. The summed E-state index contributed by atoms with van der Waals surface area (Å²) in [5.74, 6) is -1.29. The zero-order chi connectivity index (χ0) is 25.2. The summed E-state index contributed by atoms with van der Waals surface area (Å²) in [6, 6.07) is 11.1. The van der Waals surface area contributed by atoms with Gasteiger partial charge in [-0.15, -0.1) is 11.3 Å². The normalized spacial score (nSPS) is 15.0. The Morgan fingerprint density at radius 2 is 1.97 bits per heavy atom. The number of para-hydroxylation sites is 2. The van der Waals surface area contributed by atoms with Crippen molar-refractivity contribution >= 4 is 45.6 Å². The molecule has 0 bridgehead atoms. The molecule has 0 saturated heterocycles. The molecule has 0 radical (unpaired) electrons. The number of ether oxygens (including phenoxy) is 2. The summed E-state index contributed by atoms with van der Waals surface area (Å²) >= 11 is 1.01. The van der Waals surface area contributed by atoms with Crippen LogP contribution in [0.1, 0.15) is 24.6 Å². The van der Waals surface area contributed by atoms with E-state index in [9.17, 15) is 27.6 Å². The van der Waals surface area contributed by atoms with E-state index < -0.39 is 35.6 Å². The van der Waals surface area contributed by atoms with Gasteiger partial charge in [-0.2, -0.15) is 13.2 Å². The Balaban J connectivity index is 1.40. The van der Waals surface area contributed by atoms with Gasteiger partial charge in [0.15, 0.2) is 11.2 Å². The van der Waals surface area contributed by atoms with E-state index >= 15 is 0 Å². The molecule has 3 aromatic rings. The number of halogens is 3. The predicted octanol–water partition coefficient (Wildman–Crippen LogP) is 4.68. The quantitative estimate of drug-likeness (QED) is 0.489. The number of anilines is 3. The lowest BCUT2D eigenvalue weighted by atomic mass is 10.1. The molecule has 1 N–H and O–H groups in total. The van der Waals surface area contributed by atoms with Crippen LogP contribution in [0.4, 0.5) is 29.7 Å². The Hall–Kier alpha value is -3.93. The molecule has 2 amide bonds. The third-order valence-corrected chi connectivity index (χ3v) is 5.79. The van der Waals surface area contributed by atoms with Crippen molar-refractivity contribution in [3.05, 3.63) is 65.2 Å². The molecule has 4 rings (SSSR count). The van der Waals surface area contributed by atoms with Gasteiger partial charge < -0.3 is 14.8 Å². The average molecular weight is 505 g/mol. The third-order valence-electron chi connectivity index (χ3n) is 4.92. The molecule has 2 heterocycles. The van der Waals surface area contributed by atoms with Gasteiger partial charge in [-0.1, -0.05) is 18.2 Å². The Kier molecular flexibility index (Phi) is 6.74. The maximum atomic E-state index is 13.1. The SMILES string of the molecule is CC(=O)N(c1cccc(C(F)(F)F)c1)c1nc(COC(=O)C[C@@H]2Oc3ccccc3NC2=O)cs1. The minimum atomic E-state index is -4.57. The molecule has 1 aromatic heterocycles. The zero-order valence-electron chi connectivity index (χ0n) is 18.2. The van der Waals surface area contributed by atoms with Gasteiger partial charge in [0, 0.05) is 12.3 Å². The number of esters is 1. The lowest BCUT2D eigenvalue weighted by molar-refractivity contribution is -0.149. The summed E-state index contributed by atoms with van der Waals surface area (Å²) < 4.78 is 50.0. The van der Waals surface area contributed by atoms with Crippen molar-refractivity contribution in [2.75, 3.05) is 10.2 Å². The molecule has 0 unspecified atom stereocenters. The maximum absolute atomic E-state index is 13.1. The molecule has 35 heavy (non-hydrogen) atoms. The number of alkyl halides is 3. The van der Waals surface area contributed by atoms with Gasteiger partial charge in [-0.25, -0.2) is 4.98 Å². The first kappa shape index (κ1) is 24.2. The number of amides is 2. The minimum absolute atomic E-state index is 0.00552. The number of hydrogen-bond acceptors (Lipinski definition) is 7. The van der Waals surface area contributed by atoms with Crippen LogP contribution in [-0.2, 0) is 31.9 Å². The van der Waals surface area contributed by atoms with Crippen LogP contribution < -0.4 is 15.0 Å². The number of hydrogen-bond donors (Lipinski definition) is 1. The van der Waals surface area contributed by atoms with Gasteiger partial charge in [0.05, 0.1) is 29.1 Å². The van der Waals surface area contributed by atoms with Crippen molar-refractivity contribution in [1.29, 1.82) is 0 Å². The maximum Gasteiger partial charge on any atom is 0.416 e. The second-order valence-electron chi connectivity index (χ2n) is 7.48. The molecule has 1 aliphatic rings. The fourth-order valence-corrected chi connectivity index (χ4v) is 4.18. The van der Waals surface area contributed by atoms with Gasteiger partial charge in [-0.3, -0.25) is 19.3 Å². The highest BCUT2D eigenvalue weighted by Gasteiger charge is 2.32. The summed E-state index contributed by atoms with van der Waals surface area (Å²) in [7, 11) is 0. The highest BCUT2D eigenvalue weighted by molar-refractivity contribution is 7.14. The average Bonchev–Trinajstić information content (AvgIpc) is 3.26. The molecule has 2 aromatic carbocycles. The van der Waals surface area contributed by atoms with E-state index in [0.29, 0.717) is 11.4 Å². The summed E-state index contributed by atoms with van der Waals surface area (Å²) in [5, 5.41) is 4.29. The van der Waals surface area contributed by atoms with Gasteiger partial charge in [0.25, 0.3) is 5.91 Å². The number of benzene rings is 2. The first-order valence-corrected chi connectivity index (χ1v) is 11.1. The van der Waals surface area contributed by atoms with E-state index in [1.165, 1.54) is 24.4 Å². The molecule has 1 atom stereocenters. The van der Waals surface area contributed by atoms with Crippen LogP contribution in [0.2, 0.25) is 0 Å². The van der Waals surface area contributed by atoms with Crippen LogP contribution in [-0.4, -0.2) is 28.9 Å². The van der Waals surface area contributed by atoms with Crippen molar-refractivity contribution in [3.63, 3.8) is 0 Å². The summed E-state index contributed by atoms with van der Waals surface area (Å²) in [6.07, 6.45) is -5.96. The molecule has 12 heteroatoms. The Morgan fingerprint density at radius 1 is 1.20 bits per heavy atom. The van der Waals surface area contributed by atoms with E-state index in [2.05, 4.69) is 10.3 Å². The lowest BCUT2D eigenvalue weighted by Crippen LogP contribution is -2.38. The van der Waals surface area contributed by atoms with Crippen LogP contribution >= 0.6 is 11.3 Å². The first-order chi connectivity index (χ1) is 16.6. The fourth-order valence-electron chi connectivity index (χ4n) is 3.31. The van der Waals surface area contributed by atoms with Gasteiger partial charge in [0.2, 0.25) is 5.91 Å². The molecule has 0 spiro atoms. The van der Waals surface area contributed by atoms with Crippen LogP contribution in [0.3, 0.4) is 0 Å². The monoisotopic (exact) mass is 505 g/mol. The largest absolute Gasteiger partial charge is 0.478 e. The number of aromatic nitrogens is 1. The standard InChI is InChI=1S/C23H18F3N3O5S/c1-13(30)29(16-6-4-5-14(9-16)23(24,25)26)22-27-15(12-35-22)11-33-20(31)10-19-21(32)28-17-7-2-3-8-18(17)34-19/h2-9,12,19H,10-11H2,1H3,(H,28,32)/t19-/m0/s1. The second-order valence-corrected chi connectivity index (χ2v) is 8.32. The highest BCUT2D eigenvalue weighted by atomic mass is 32.1. The summed E-state index contributed by atoms with van der Waals surface area (Å²) in [5.41, 5.74) is -0.0987. The lowest BCUT2D eigenvalue weighted by Gasteiger charge is -2.25. The molecular weight excluding hydrogens is 487 g/mol. The van der Waals surface area contributed by atoms with E-state index in [-0.39, 0.29) is 29.5 Å². The van der Waals surface area contributed by atoms with Crippen molar-refractivity contribution in [2.24, 2.45) is 0 Å². The van der Waals surface area contributed by atoms with Crippen molar-refractivity contribution in [1.82, 2.24) is 4.98 Å². The van der Waals surface area contributed by atoms with E-state index in [1.807, 2.05) is 0 Å². The van der Waals surface area contributed by atoms with Crippen LogP contribution in [0.5, 0.6) is 5.75 Å². The molecule has 1 aliphatic heterocycles. The van der Waals surface area contributed by atoms with Crippen molar-refractivity contribution < 1.29 is 37.0 Å². The number of nitrogens with one attached hydrogen (secondary N) is 1. The number of rotatable bonds is 6. The van der Waals surface area contributed by atoms with Crippen LogP contribution in [0.15, 0.2) is 53.9 Å².